The number of thioether (sulfide) groups is 1. The molecule has 0 atom stereocenters. The van der Waals surface area contributed by atoms with Crippen LogP contribution < -0.4 is 76.1 Å². The molecule has 0 bridgehead atoms. The van der Waals surface area contributed by atoms with Gasteiger partial charge in [0.15, 0.2) is 52.4 Å². The maximum atomic E-state index is 6.58. The second kappa shape index (κ2) is 31.4. The molecule has 0 saturated heterocycles. The molecule has 6 aromatic heterocycles. The second-order valence-electron chi connectivity index (χ2n) is 33.5. The van der Waals surface area contributed by atoms with Crippen LogP contribution in [0.4, 0.5) is 0 Å². The van der Waals surface area contributed by atoms with Crippen molar-refractivity contribution in [2.24, 2.45) is 0 Å². The summed E-state index contributed by atoms with van der Waals surface area (Å²) in [5.41, 5.74) is 17.4. The van der Waals surface area contributed by atoms with Crippen molar-refractivity contribution >= 4 is 165 Å². The summed E-state index contributed by atoms with van der Waals surface area (Å²) in [5, 5.41) is 26.5. The molecule has 15 heteroatoms. The zero-order chi connectivity index (χ0) is 85.2. The Morgan fingerprint density at radius 2 is 0.595 bits per heavy atom. The number of hydrogen-bond donors (Lipinski definition) is 0. The van der Waals surface area contributed by atoms with Crippen LogP contribution in [0.5, 0.6) is 40.2 Å². The van der Waals surface area contributed by atoms with Gasteiger partial charge in [-0.2, -0.15) is 27.4 Å². The van der Waals surface area contributed by atoms with Gasteiger partial charge in [0.25, 0.3) is 40.4 Å². The van der Waals surface area contributed by atoms with Gasteiger partial charge in [-0.15, -0.1) is 11.8 Å². The summed E-state index contributed by atoms with van der Waals surface area (Å²) in [6, 6.07) is 110. The van der Waals surface area contributed by atoms with Gasteiger partial charge in [0.2, 0.25) is 33.1 Å². The molecular formula is C111H92N6O7SSi+6. The number of rotatable bonds is 6. The first kappa shape index (κ1) is 77.5. The molecule has 612 valence electrons. The summed E-state index contributed by atoms with van der Waals surface area (Å²) >= 11 is 1.74. The molecule has 0 spiro atoms. The van der Waals surface area contributed by atoms with E-state index in [1.165, 1.54) is 190 Å². The number of hydrogen-bond acceptors (Lipinski definition) is 8. The fourth-order valence-electron chi connectivity index (χ4n) is 19.8. The van der Waals surface area contributed by atoms with Crippen LogP contribution in [0.15, 0.2) is 327 Å². The number of pyridine rings is 6. The normalized spacial score (nSPS) is 13.0. The van der Waals surface area contributed by atoms with Gasteiger partial charge >= 0.3 is 0 Å². The molecule has 13 nitrogen and oxygen atoms in total. The van der Waals surface area contributed by atoms with Crippen molar-refractivity contribution in [2.75, 3.05) is 13.4 Å². The standard InChI is InChI=1S/C28H24NOSi.C21H16NO.2C16H14NO.C15H12NO2.C15H12NOS/c1-20-13-14-22-16-15-21-17-18-25(28-26(21)27(22)29(20)19-30-28)31(2,23-9-5-3-6-10-23)24-11-7-4-8-12-24;1-14-7-8-17-10-9-16-11-12-18(15-5-3-2-4-6-15)21-19(16)20(17)22(14)13-23-21;2*1-10-3-5-12-7-8-13-6-4-11(2)17-9-18-16(10)14(12)15(13)17;1-17-12-7-6-10-4-5-11-3-2-8-16-9-18-15(12)13(10)14(11)16;1-18-12-7-6-10-4-5-11-3-2-8-16-9-17-15(12)13(10)14(11)16/h3-18H,19H2,1-2H3;2-12H,13H2,1H3;2*3-8H,9H2,1-2H3;2*2-8H,9H2,1H3/q6*+1. The monoisotopic (exact) mass is 1680 g/mol. The molecule has 15 aromatic carbocycles. The molecule has 0 amide bonds. The highest BCUT2D eigenvalue weighted by molar-refractivity contribution is 7.98. The smallest absolute Gasteiger partial charge is 0.292 e. The number of ether oxygens (including phenoxy) is 7. The van der Waals surface area contributed by atoms with E-state index in [-0.39, 0.29) is 0 Å². The van der Waals surface area contributed by atoms with Crippen LogP contribution in [0.1, 0.15) is 33.9 Å². The molecule has 0 saturated carbocycles. The van der Waals surface area contributed by atoms with Gasteiger partial charge in [0.05, 0.1) is 38.9 Å². The fraction of sp³-hybridized carbons (Fsp3) is 0.135. The predicted octanol–water partition coefficient (Wildman–Crippen LogP) is 21.1. The highest BCUT2D eigenvalue weighted by atomic mass is 32.2. The molecule has 27 rings (SSSR count). The summed E-state index contributed by atoms with van der Waals surface area (Å²) in [6.45, 7) is 18.7. The first-order chi connectivity index (χ1) is 61.8. The van der Waals surface area contributed by atoms with E-state index >= 15 is 0 Å². The first-order valence-electron chi connectivity index (χ1n) is 43.0. The van der Waals surface area contributed by atoms with Crippen LogP contribution in [0.25, 0.3) is 141 Å². The van der Waals surface area contributed by atoms with Crippen molar-refractivity contribution in [3.8, 4) is 51.4 Å². The van der Waals surface area contributed by atoms with Crippen LogP contribution in [-0.2, 0) is 40.4 Å². The summed E-state index contributed by atoms with van der Waals surface area (Å²) in [6.07, 6.45) is 6.22. The topological polar surface area (TPSA) is 87.9 Å². The Morgan fingerprint density at radius 3 is 1.03 bits per heavy atom. The number of aromatic nitrogens is 6. The van der Waals surface area contributed by atoms with Crippen molar-refractivity contribution < 1.29 is 60.6 Å². The highest BCUT2D eigenvalue weighted by Gasteiger charge is 2.41. The summed E-state index contributed by atoms with van der Waals surface area (Å²) in [5.74, 6) is 6.85. The Morgan fingerprint density at radius 1 is 0.278 bits per heavy atom. The van der Waals surface area contributed by atoms with Gasteiger partial charge < -0.3 is 33.2 Å². The van der Waals surface area contributed by atoms with Crippen LogP contribution in [0.2, 0.25) is 6.55 Å². The average molecular weight is 1680 g/mol. The molecule has 0 fully saturated rings. The van der Waals surface area contributed by atoms with Crippen LogP contribution in [0, 0.1) is 41.5 Å². The van der Waals surface area contributed by atoms with E-state index in [4.69, 9.17) is 33.2 Å². The zero-order valence-corrected chi connectivity index (χ0v) is 73.6. The van der Waals surface area contributed by atoms with Crippen molar-refractivity contribution in [1.29, 1.82) is 0 Å². The molecule has 0 aliphatic carbocycles. The molecular weight excluding hydrogens is 1590 g/mol. The SMILES string of the molecule is COc1ccc2ccc3ccc[n+]4c3c2c1OC4.CSc1ccc2ccc3ccc[n+]4c3c2c1OC4.Cc1ccc2ccc3ccc(-c4ccccc4)c4c3c2[n+]1CO4.Cc1ccc2ccc3ccc(C)[n+]4c3c2c1OC4.Cc1ccc2ccc3ccc(C)[n+]4c3c2c1OC4.Cc1ccc2ccc3ccc([Si](C)(c4ccccc4)c4ccccc4)c4c3c2[n+]1CO4. The molecule has 0 unspecified atom stereocenters. The van der Waals surface area contributed by atoms with E-state index in [1.54, 1.807) is 18.9 Å². The minimum Gasteiger partial charge on any atom is -0.493 e. The summed E-state index contributed by atoms with van der Waals surface area (Å²) in [7, 11) is -0.591. The van der Waals surface area contributed by atoms with Gasteiger partial charge in [0, 0.05) is 102 Å². The fourth-order valence-corrected chi connectivity index (χ4v) is 24.1. The average Bonchev–Trinajstić information content (AvgIpc) is 0.719. The maximum absolute atomic E-state index is 6.58. The minimum atomic E-state index is -2.27. The van der Waals surface area contributed by atoms with Crippen LogP contribution >= 0.6 is 11.8 Å². The second-order valence-corrected chi connectivity index (χ2v) is 38.3. The van der Waals surface area contributed by atoms with E-state index in [0.717, 1.165) is 45.6 Å². The van der Waals surface area contributed by atoms with Gasteiger partial charge in [-0.05, 0) is 176 Å². The highest BCUT2D eigenvalue weighted by Crippen LogP contribution is 2.46. The predicted molar refractivity (Wildman–Crippen MR) is 509 cm³/mol. The molecule has 0 N–H and O–H groups in total. The maximum Gasteiger partial charge on any atom is 0.292 e. The number of benzene rings is 15. The zero-order valence-electron chi connectivity index (χ0n) is 71.8. The lowest BCUT2D eigenvalue weighted by atomic mass is 9.97. The minimum absolute atomic E-state index is 0.532. The molecule has 6 aliphatic rings. The van der Waals surface area contributed by atoms with Crippen molar-refractivity contribution in [2.45, 2.75) is 93.4 Å². The van der Waals surface area contributed by atoms with E-state index in [9.17, 15) is 0 Å². The van der Waals surface area contributed by atoms with E-state index < -0.39 is 8.07 Å². The van der Waals surface area contributed by atoms with Gasteiger partial charge in [0.1, 0.15) is 36.5 Å². The lowest BCUT2D eigenvalue weighted by Gasteiger charge is -2.32. The molecule has 126 heavy (non-hydrogen) atoms. The Kier molecular flexibility index (Phi) is 19.3. The molecule has 6 aliphatic heterocycles. The Bertz CT molecular complexity index is 7670. The quantitative estimate of drug-likeness (QED) is 0.0535. The molecule has 21 aromatic rings. The van der Waals surface area contributed by atoms with E-state index in [2.05, 4.69) is 379 Å². The van der Waals surface area contributed by atoms with Crippen molar-refractivity contribution in [3.63, 3.8) is 0 Å². The molecule has 12 heterocycles. The third-order valence-electron chi connectivity index (χ3n) is 26.4. The van der Waals surface area contributed by atoms with Crippen LogP contribution in [-0.4, -0.2) is 21.4 Å². The number of methoxy groups -OCH3 is 1. The van der Waals surface area contributed by atoms with Gasteiger partial charge in [-0.25, -0.2) is 0 Å². The number of nitrogens with zero attached hydrogens (tertiary/aromatic N) is 6. The number of aryl methyl sites for hydroxylation is 6. The largest absolute Gasteiger partial charge is 0.493 e. The molecule has 0 radical (unpaired) electrons. The Labute approximate surface area is 734 Å². The Hall–Kier alpha value is -14.5. The van der Waals surface area contributed by atoms with Gasteiger partial charge in [-0.3, -0.25) is 0 Å². The summed E-state index contributed by atoms with van der Waals surface area (Å²) in [4.78, 5) is 1.21. The lowest BCUT2D eigenvalue weighted by Crippen LogP contribution is -2.65. The third kappa shape index (κ3) is 12.8. The Balaban J connectivity index is 0.0000000907. The van der Waals surface area contributed by atoms with Crippen LogP contribution in [0.3, 0.4) is 0 Å². The van der Waals surface area contributed by atoms with E-state index in [1.807, 2.05) is 24.4 Å². The van der Waals surface area contributed by atoms with Gasteiger partial charge in [-0.1, -0.05) is 189 Å². The first-order valence-corrected chi connectivity index (χ1v) is 46.8. The lowest BCUT2D eigenvalue weighted by molar-refractivity contribution is -0.707. The van der Waals surface area contributed by atoms with E-state index in [0.29, 0.717) is 40.4 Å². The third-order valence-corrected chi connectivity index (χ3v) is 31.7. The summed E-state index contributed by atoms with van der Waals surface area (Å²) < 4.78 is 55.3. The van der Waals surface area contributed by atoms with Crippen molar-refractivity contribution in [3.05, 3.63) is 356 Å². The van der Waals surface area contributed by atoms with Crippen molar-refractivity contribution in [1.82, 2.24) is 0 Å².